The zero-order chi connectivity index (χ0) is 6.69. The molecule has 0 radical (unpaired) electrons. The van der Waals surface area contributed by atoms with Crippen molar-refractivity contribution >= 4 is 0 Å². The summed E-state index contributed by atoms with van der Waals surface area (Å²) in [6, 6.07) is 0. The van der Waals surface area contributed by atoms with Crippen molar-refractivity contribution in [2.45, 2.75) is 13.3 Å². The molecule has 9 heavy (non-hydrogen) atoms. The van der Waals surface area contributed by atoms with Gasteiger partial charge in [0.1, 0.15) is 6.73 Å². The maximum absolute atomic E-state index is 8.51. The summed E-state index contributed by atoms with van der Waals surface area (Å²) in [4.78, 5) is 0. The fourth-order valence-electron chi connectivity index (χ4n) is 0.565. The number of hydrogen-bond acceptors (Lipinski definition) is 3. The molecule has 0 saturated heterocycles. The van der Waals surface area contributed by atoms with Crippen LogP contribution in [0.15, 0.2) is 12.4 Å². The van der Waals surface area contributed by atoms with Gasteiger partial charge >= 0.3 is 0 Å². The van der Waals surface area contributed by atoms with E-state index in [1.807, 2.05) is 0 Å². The number of aliphatic hydroxyl groups is 2. The van der Waals surface area contributed by atoms with E-state index in [1.165, 1.54) is 10.9 Å². The predicted octanol–water partition coefficient (Wildman–Crippen LogP) is -0.675. The first-order valence-corrected chi connectivity index (χ1v) is 2.60. The minimum Gasteiger partial charge on any atom is -0.392 e. The van der Waals surface area contributed by atoms with Crippen molar-refractivity contribution in [1.29, 1.82) is 0 Å². The number of nitrogens with zero attached hydrogens (tertiary/aromatic N) is 2. The van der Waals surface area contributed by atoms with Crippen molar-refractivity contribution in [3.05, 3.63) is 18.0 Å². The third-order valence-corrected chi connectivity index (χ3v) is 1.01. The van der Waals surface area contributed by atoms with E-state index in [2.05, 4.69) is 5.10 Å². The van der Waals surface area contributed by atoms with Crippen LogP contribution < -0.4 is 0 Å². The van der Waals surface area contributed by atoms with Gasteiger partial charge in [-0.15, -0.1) is 0 Å². The lowest BCUT2D eigenvalue weighted by Gasteiger charge is -1.88. The Labute approximate surface area is 52.4 Å². The number of rotatable bonds is 2. The minimum absolute atomic E-state index is 0.0278. The molecule has 1 aromatic heterocycles. The Kier molecular flexibility index (Phi) is 1.81. The van der Waals surface area contributed by atoms with E-state index in [4.69, 9.17) is 10.2 Å². The summed E-state index contributed by atoms with van der Waals surface area (Å²) in [6.45, 7) is -0.167. The molecule has 0 amide bonds. The average molecular weight is 128 g/mol. The molecule has 0 atom stereocenters. The average Bonchev–Trinajstić information content (AvgIpc) is 2.34. The lowest BCUT2D eigenvalue weighted by atomic mass is 10.4. The van der Waals surface area contributed by atoms with Gasteiger partial charge in [-0.2, -0.15) is 5.10 Å². The fraction of sp³-hybridized carbons (Fsp3) is 0.400. The van der Waals surface area contributed by atoms with E-state index >= 15 is 0 Å². The Morgan fingerprint density at radius 3 is 2.67 bits per heavy atom. The second-order valence-corrected chi connectivity index (χ2v) is 1.69. The molecule has 1 aromatic rings. The van der Waals surface area contributed by atoms with Crippen LogP contribution in [0.25, 0.3) is 0 Å². The topological polar surface area (TPSA) is 58.3 Å². The van der Waals surface area contributed by atoms with E-state index < -0.39 is 0 Å². The quantitative estimate of drug-likeness (QED) is 0.555. The van der Waals surface area contributed by atoms with E-state index in [1.54, 1.807) is 6.20 Å². The smallest absolute Gasteiger partial charge is 0.136 e. The molecule has 0 aliphatic rings. The molecule has 0 saturated carbocycles. The number of aromatic nitrogens is 2. The highest BCUT2D eigenvalue weighted by Crippen LogP contribution is 1.94. The maximum Gasteiger partial charge on any atom is 0.136 e. The van der Waals surface area contributed by atoms with Gasteiger partial charge < -0.3 is 10.2 Å². The van der Waals surface area contributed by atoms with Gasteiger partial charge in [0, 0.05) is 11.8 Å². The molecule has 0 aliphatic heterocycles. The monoisotopic (exact) mass is 128 g/mol. The third kappa shape index (κ3) is 1.28. The molecule has 0 aromatic carbocycles. The van der Waals surface area contributed by atoms with Crippen LogP contribution in [0.5, 0.6) is 0 Å². The minimum atomic E-state index is -0.139. The van der Waals surface area contributed by atoms with Crippen LogP contribution in [0.2, 0.25) is 0 Å². The normalized spacial score (nSPS) is 10.0. The molecule has 0 bridgehead atoms. The lowest BCUT2D eigenvalue weighted by Crippen LogP contribution is -1.95. The SMILES string of the molecule is OCc1cnn(CO)c1. The molecule has 0 fully saturated rings. The Morgan fingerprint density at radius 2 is 2.33 bits per heavy atom. The number of hydrogen-bond donors (Lipinski definition) is 2. The summed E-state index contributed by atoms with van der Waals surface area (Å²) in [5, 5.41) is 20.7. The van der Waals surface area contributed by atoms with Gasteiger partial charge in [0.05, 0.1) is 12.8 Å². The summed E-state index contributed by atoms with van der Waals surface area (Å²) in [5.41, 5.74) is 0.712. The van der Waals surface area contributed by atoms with Crippen molar-refractivity contribution in [2.24, 2.45) is 0 Å². The second kappa shape index (κ2) is 2.61. The Bertz CT molecular complexity index is 166. The first kappa shape index (κ1) is 6.25. The fourth-order valence-corrected chi connectivity index (χ4v) is 0.565. The van der Waals surface area contributed by atoms with E-state index in [0.717, 1.165) is 0 Å². The van der Waals surface area contributed by atoms with Crippen molar-refractivity contribution < 1.29 is 10.2 Å². The Morgan fingerprint density at radius 1 is 1.56 bits per heavy atom. The van der Waals surface area contributed by atoms with Crippen LogP contribution in [0.4, 0.5) is 0 Å². The molecule has 50 valence electrons. The summed E-state index contributed by atoms with van der Waals surface area (Å²) >= 11 is 0. The highest BCUT2D eigenvalue weighted by atomic mass is 16.3. The zero-order valence-corrected chi connectivity index (χ0v) is 4.86. The molecular weight excluding hydrogens is 120 g/mol. The zero-order valence-electron chi connectivity index (χ0n) is 4.86. The molecule has 1 rings (SSSR count). The molecule has 0 aliphatic carbocycles. The van der Waals surface area contributed by atoms with Crippen molar-refractivity contribution in [1.82, 2.24) is 9.78 Å². The van der Waals surface area contributed by atoms with Gasteiger partial charge in [-0.1, -0.05) is 0 Å². The van der Waals surface area contributed by atoms with E-state index in [-0.39, 0.29) is 13.3 Å². The van der Waals surface area contributed by atoms with Crippen molar-refractivity contribution in [2.75, 3.05) is 0 Å². The predicted molar refractivity (Wildman–Crippen MR) is 30.4 cm³/mol. The van der Waals surface area contributed by atoms with Gasteiger partial charge in [0.25, 0.3) is 0 Å². The van der Waals surface area contributed by atoms with Crippen LogP contribution in [-0.2, 0) is 13.3 Å². The van der Waals surface area contributed by atoms with Gasteiger partial charge in [0.2, 0.25) is 0 Å². The molecule has 1 heterocycles. The molecule has 0 spiro atoms. The molecule has 4 heteroatoms. The molecular formula is C5H8N2O2. The van der Waals surface area contributed by atoms with Gasteiger partial charge in [-0.3, -0.25) is 0 Å². The van der Waals surface area contributed by atoms with Crippen LogP contribution in [0.3, 0.4) is 0 Å². The lowest BCUT2D eigenvalue weighted by molar-refractivity contribution is 0.195. The number of aliphatic hydroxyl groups excluding tert-OH is 2. The molecule has 2 N–H and O–H groups in total. The Hall–Kier alpha value is -0.870. The third-order valence-electron chi connectivity index (χ3n) is 1.01. The van der Waals surface area contributed by atoms with Gasteiger partial charge in [-0.05, 0) is 0 Å². The summed E-state index contributed by atoms with van der Waals surface area (Å²) in [7, 11) is 0. The van der Waals surface area contributed by atoms with Gasteiger partial charge in [0.15, 0.2) is 0 Å². The van der Waals surface area contributed by atoms with Gasteiger partial charge in [-0.25, -0.2) is 4.68 Å². The molecule has 4 nitrogen and oxygen atoms in total. The van der Waals surface area contributed by atoms with E-state index in [0.29, 0.717) is 5.56 Å². The highest BCUT2D eigenvalue weighted by molar-refractivity contribution is 5.00. The summed E-state index contributed by atoms with van der Waals surface area (Å²) < 4.78 is 1.34. The van der Waals surface area contributed by atoms with Crippen LogP contribution in [0.1, 0.15) is 5.56 Å². The first-order chi connectivity index (χ1) is 4.36. The maximum atomic E-state index is 8.51. The largest absolute Gasteiger partial charge is 0.392 e. The first-order valence-electron chi connectivity index (χ1n) is 2.60. The van der Waals surface area contributed by atoms with E-state index in [9.17, 15) is 0 Å². The summed E-state index contributed by atoms with van der Waals surface area (Å²) in [6.07, 6.45) is 3.09. The highest BCUT2D eigenvalue weighted by Gasteiger charge is 1.92. The second-order valence-electron chi connectivity index (χ2n) is 1.69. The standard InChI is InChI=1S/C5H8N2O2/c8-3-5-1-6-7(2-5)4-9/h1-2,8-9H,3-4H2. The Balaban J connectivity index is 2.74. The van der Waals surface area contributed by atoms with Crippen LogP contribution in [-0.4, -0.2) is 20.0 Å². The summed E-state index contributed by atoms with van der Waals surface area (Å²) in [5.74, 6) is 0. The van der Waals surface area contributed by atoms with Crippen LogP contribution >= 0.6 is 0 Å². The molecule has 0 unspecified atom stereocenters. The van der Waals surface area contributed by atoms with Crippen LogP contribution in [0, 0.1) is 0 Å². The van der Waals surface area contributed by atoms with Crippen molar-refractivity contribution in [3.63, 3.8) is 0 Å². The van der Waals surface area contributed by atoms with Crippen molar-refractivity contribution in [3.8, 4) is 0 Å².